The van der Waals surface area contributed by atoms with E-state index in [9.17, 15) is 9.59 Å². The number of carbonyl (C=O) groups excluding carboxylic acids is 2. The summed E-state index contributed by atoms with van der Waals surface area (Å²) in [5.41, 5.74) is 1.34. The highest BCUT2D eigenvalue weighted by Crippen LogP contribution is 2.27. The summed E-state index contributed by atoms with van der Waals surface area (Å²) >= 11 is 0. The molecule has 0 saturated carbocycles. The Kier molecular flexibility index (Phi) is 5.33. The number of carbonyl (C=O) groups is 2. The van der Waals surface area contributed by atoms with Crippen LogP contribution < -0.4 is 15.4 Å². The number of amides is 3. The topological polar surface area (TPSA) is 70.7 Å². The Morgan fingerprint density at radius 3 is 2.52 bits per heavy atom. The first-order valence-corrected chi connectivity index (χ1v) is 9.66. The predicted molar refractivity (Wildman–Crippen MR) is 114 cm³/mol. The molecule has 0 aromatic heterocycles. The molecule has 6 nitrogen and oxygen atoms in total. The van der Waals surface area contributed by atoms with Gasteiger partial charge in [0.15, 0.2) is 0 Å². The third kappa shape index (κ3) is 3.87. The Morgan fingerprint density at radius 1 is 0.931 bits per heavy atom. The van der Waals surface area contributed by atoms with Crippen molar-refractivity contribution in [2.45, 2.75) is 18.9 Å². The van der Waals surface area contributed by atoms with E-state index in [1.54, 1.807) is 24.1 Å². The number of anilines is 2. The van der Waals surface area contributed by atoms with Crippen LogP contribution in [0.25, 0.3) is 10.8 Å². The fourth-order valence-corrected chi connectivity index (χ4v) is 3.77. The van der Waals surface area contributed by atoms with Gasteiger partial charge < -0.3 is 20.3 Å². The third-order valence-corrected chi connectivity index (χ3v) is 5.21. The van der Waals surface area contributed by atoms with Gasteiger partial charge in [0.1, 0.15) is 11.8 Å². The van der Waals surface area contributed by atoms with Crippen molar-refractivity contribution in [3.63, 3.8) is 0 Å². The van der Waals surface area contributed by atoms with Crippen LogP contribution in [0.2, 0.25) is 0 Å². The minimum Gasteiger partial charge on any atom is -0.495 e. The summed E-state index contributed by atoms with van der Waals surface area (Å²) in [7, 11) is 1.56. The summed E-state index contributed by atoms with van der Waals surface area (Å²) in [4.78, 5) is 27.4. The highest BCUT2D eigenvalue weighted by atomic mass is 16.5. The standard InChI is InChI=1S/C23H23N3O3/c1-29-21-14-5-4-11-19(21)25-23(28)26-15-7-13-20(26)22(27)24-18-12-6-9-16-8-2-3-10-17(16)18/h2-6,8-12,14,20H,7,13,15H2,1H3,(H,24,27)(H,25,28)/t20-/m0/s1. The number of rotatable bonds is 4. The molecule has 2 N–H and O–H groups in total. The quantitative estimate of drug-likeness (QED) is 0.691. The van der Waals surface area contributed by atoms with Crippen molar-refractivity contribution in [2.24, 2.45) is 0 Å². The number of hydrogen-bond donors (Lipinski definition) is 2. The van der Waals surface area contributed by atoms with E-state index in [0.29, 0.717) is 24.4 Å². The van der Waals surface area contributed by atoms with Crippen LogP contribution in [0, 0.1) is 0 Å². The maximum absolute atomic E-state index is 13.0. The van der Waals surface area contributed by atoms with Crippen molar-refractivity contribution >= 4 is 34.1 Å². The van der Waals surface area contributed by atoms with Crippen molar-refractivity contribution in [3.05, 3.63) is 66.7 Å². The number of ether oxygens (including phenoxy) is 1. The number of methoxy groups -OCH3 is 1. The van der Waals surface area contributed by atoms with Crippen LogP contribution in [0.1, 0.15) is 12.8 Å². The van der Waals surface area contributed by atoms with Crippen molar-refractivity contribution < 1.29 is 14.3 Å². The Hall–Kier alpha value is -3.54. The van der Waals surface area contributed by atoms with Gasteiger partial charge in [0, 0.05) is 17.6 Å². The Morgan fingerprint density at radius 2 is 1.66 bits per heavy atom. The van der Waals surface area contributed by atoms with Crippen LogP contribution in [-0.2, 0) is 4.79 Å². The number of fused-ring (bicyclic) bond motifs is 1. The van der Waals surface area contributed by atoms with E-state index >= 15 is 0 Å². The fraction of sp³-hybridized carbons (Fsp3) is 0.217. The average molecular weight is 389 g/mol. The maximum Gasteiger partial charge on any atom is 0.322 e. The first-order chi connectivity index (χ1) is 14.2. The summed E-state index contributed by atoms with van der Waals surface area (Å²) in [6.45, 7) is 0.536. The highest BCUT2D eigenvalue weighted by molar-refractivity contribution is 6.05. The lowest BCUT2D eigenvalue weighted by Gasteiger charge is -2.25. The molecule has 3 aromatic rings. The number of urea groups is 1. The number of nitrogens with zero attached hydrogens (tertiary/aromatic N) is 1. The molecule has 0 spiro atoms. The van der Waals surface area contributed by atoms with Gasteiger partial charge >= 0.3 is 6.03 Å². The van der Waals surface area contributed by atoms with Gasteiger partial charge in [0.2, 0.25) is 5.91 Å². The largest absolute Gasteiger partial charge is 0.495 e. The van der Waals surface area contributed by atoms with Gasteiger partial charge in [-0.3, -0.25) is 4.79 Å². The van der Waals surface area contributed by atoms with Gasteiger partial charge in [0.05, 0.1) is 12.8 Å². The smallest absolute Gasteiger partial charge is 0.322 e. The molecule has 1 atom stereocenters. The molecule has 1 aliphatic rings. The summed E-state index contributed by atoms with van der Waals surface area (Å²) in [6.07, 6.45) is 1.42. The molecule has 4 rings (SSSR count). The van der Waals surface area contributed by atoms with Crippen LogP contribution in [0.5, 0.6) is 5.75 Å². The van der Waals surface area contributed by atoms with Gasteiger partial charge in [-0.2, -0.15) is 0 Å². The summed E-state index contributed by atoms with van der Waals surface area (Å²) in [5.74, 6) is 0.408. The van der Waals surface area contributed by atoms with Gasteiger partial charge in [-0.05, 0) is 36.4 Å². The lowest BCUT2D eigenvalue weighted by molar-refractivity contribution is -0.119. The third-order valence-electron chi connectivity index (χ3n) is 5.21. The number of likely N-dealkylation sites (tertiary alicyclic amines) is 1. The number of benzene rings is 3. The van der Waals surface area contributed by atoms with E-state index in [4.69, 9.17) is 4.74 Å². The van der Waals surface area contributed by atoms with Crippen LogP contribution in [0.15, 0.2) is 66.7 Å². The summed E-state index contributed by atoms with van der Waals surface area (Å²) in [6, 6.07) is 20.1. The van der Waals surface area contributed by atoms with Crippen molar-refractivity contribution in [3.8, 4) is 5.75 Å². The van der Waals surface area contributed by atoms with Crippen molar-refractivity contribution in [2.75, 3.05) is 24.3 Å². The molecule has 1 heterocycles. The molecule has 148 valence electrons. The zero-order chi connectivity index (χ0) is 20.2. The Bertz CT molecular complexity index is 1040. The molecule has 29 heavy (non-hydrogen) atoms. The molecular weight excluding hydrogens is 366 g/mol. The van der Waals surface area contributed by atoms with Gasteiger partial charge in [-0.1, -0.05) is 48.5 Å². The van der Waals surface area contributed by atoms with E-state index < -0.39 is 6.04 Å². The minimum atomic E-state index is -0.510. The second-order valence-corrected chi connectivity index (χ2v) is 7.00. The van der Waals surface area contributed by atoms with E-state index in [2.05, 4.69) is 10.6 Å². The molecule has 1 fully saturated rings. The van der Waals surface area contributed by atoms with Crippen molar-refractivity contribution in [1.82, 2.24) is 4.90 Å². The molecule has 1 saturated heterocycles. The van der Waals surface area contributed by atoms with E-state index in [1.807, 2.05) is 54.6 Å². The van der Waals surface area contributed by atoms with Crippen LogP contribution >= 0.6 is 0 Å². The lowest BCUT2D eigenvalue weighted by atomic mass is 10.1. The van der Waals surface area contributed by atoms with Gasteiger partial charge in [-0.15, -0.1) is 0 Å². The van der Waals surface area contributed by atoms with Gasteiger partial charge in [-0.25, -0.2) is 4.79 Å². The number of nitrogens with one attached hydrogen (secondary N) is 2. The maximum atomic E-state index is 13.0. The zero-order valence-electron chi connectivity index (χ0n) is 16.2. The molecule has 0 unspecified atom stereocenters. The molecule has 0 aliphatic carbocycles. The van der Waals surface area contributed by atoms with Gasteiger partial charge in [0.25, 0.3) is 0 Å². The fourth-order valence-electron chi connectivity index (χ4n) is 3.77. The monoisotopic (exact) mass is 389 g/mol. The van der Waals surface area contributed by atoms with E-state index in [-0.39, 0.29) is 11.9 Å². The van der Waals surface area contributed by atoms with E-state index in [0.717, 1.165) is 22.9 Å². The summed E-state index contributed by atoms with van der Waals surface area (Å²) in [5, 5.41) is 7.91. The normalized spacial score (nSPS) is 15.9. The van der Waals surface area contributed by atoms with Crippen LogP contribution in [-0.4, -0.2) is 36.5 Å². The Labute approximate surface area is 169 Å². The minimum absolute atomic E-state index is 0.172. The lowest BCUT2D eigenvalue weighted by Crippen LogP contribution is -2.45. The molecule has 0 radical (unpaired) electrons. The molecule has 1 aliphatic heterocycles. The summed E-state index contributed by atoms with van der Waals surface area (Å²) < 4.78 is 5.29. The average Bonchev–Trinajstić information content (AvgIpc) is 3.25. The van der Waals surface area contributed by atoms with E-state index in [1.165, 1.54) is 0 Å². The van der Waals surface area contributed by atoms with Crippen LogP contribution in [0.4, 0.5) is 16.2 Å². The highest BCUT2D eigenvalue weighted by Gasteiger charge is 2.34. The predicted octanol–water partition coefficient (Wildman–Crippen LogP) is 4.48. The van der Waals surface area contributed by atoms with Crippen LogP contribution in [0.3, 0.4) is 0 Å². The van der Waals surface area contributed by atoms with Crippen molar-refractivity contribution in [1.29, 1.82) is 0 Å². The first-order valence-electron chi connectivity index (χ1n) is 9.66. The second-order valence-electron chi connectivity index (χ2n) is 7.00. The molecule has 3 aromatic carbocycles. The molecule has 3 amide bonds. The molecule has 6 heteroatoms. The molecular formula is C23H23N3O3. The SMILES string of the molecule is COc1ccccc1NC(=O)N1CCC[C@H]1C(=O)Nc1cccc2ccccc12. The Balaban J connectivity index is 1.50. The number of hydrogen-bond acceptors (Lipinski definition) is 3. The second kappa shape index (κ2) is 8.22. The number of para-hydroxylation sites is 2. The first kappa shape index (κ1) is 18.8. The molecule has 0 bridgehead atoms. The zero-order valence-corrected chi connectivity index (χ0v) is 16.2.